The number of rotatable bonds is 4. The van der Waals surface area contributed by atoms with Gasteiger partial charge in [-0.1, -0.05) is 19.4 Å². The fraction of sp³-hybridized carbons (Fsp3) is 0.250. The first kappa shape index (κ1) is 12.6. The Morgan fingerprint density at radius 2 is 2.06 bits per heavy atom. The molecule has 4 heteroatoms. The van der Waals surface area contributed by atoms with Crippen molar-refractivity contribution in [2.24, 2.45) is 0 Å². The molecule has 0 aliphatic heterocycles. The minimum Gasteiger partial charge on any atom is -0.504 e. The summed E-state index contributed by atoms with van der Waals surface area (Å²) in [5.74, 6) is -0.405. The summed E-state index contributed by atoms with van der Waals surface area (Å²) in [4.78, 5) is 11.1. The summed E-state index contributed by atoms with van der Waals surface area (Å²) in [6.45, 7) is 1.95. The highest BCUT2D eigenvalue weighted by Crippen LogP contribution is 2.26. The number of hydrogen-bond donors (Lipinski definition) is 2. The van der Waals surface area contributed by atoms with Crippen LogP contribution in [0.1, 0.15) is 25.3 Å². The Morgan fingerprint density at radius 1 is 1.38 bits per heavy atom. The third-order valence-corrected chi connectivity index (χ3v) is 2.35. The van der Waals surface area contributed by atoms with Gasteiger partial charge in [0.05, 0.1) is 0 Å². The smallest absolute Gasteiger partial charge is 0.248 e. The number of allylic oxidation sites excluding steroid dienone is 1. The highest BCUT2D eigenvalue weighted by molar-refractivity contribution is 6.68. The SMILES string of the molecule is CCC/C(=C\c1ccc(O)c(O)c1)C(=O)Cl. The van der Waals surface area contributed by atoms with Crippen LogP contribution < -0.4 is 0 Å². The zero-order valence-electron chi connectivity index (χ0n) is 8.90. The highest BCUT2D eigenvalue weighted by atomic mass is 35.5. The zero-order valence-corrected chi connectivity index (χ0v) is 9.66. The van der Waals surface area contributed by atoms with E-state index in [4.69, 9.17) is 16.7 Å². The van der Waals surface area contributed by atoms with Crippen molar-refractivity contribution in [2.45, 2.75) is 19.8 Å². The lowest BCUT2D eigenvalue weighted by atomic mass is 10.1. The molecule has 0 saturated carbocycles. The molecule has 0 atom stereocenters. The van der Waals surface area contributed by atoms with E-state index in [1.807, 2.05) is 6.92 Å². The van der Waals surface area contributed by atoms with Gasteiger partial charge in [-0.05, 0) is 41.8 Å². The second-order valence-corrected chi connectivity index (χ2v) is 3.78. The fourth-order valence-electron chi connectivity index (χ4n) is 1.33. The average molecular weight is 241 g/mol. The number of hydrogen-bond acceptors (Lipinski definition) is 3. The molecule has 1 rings (SSSR count). The third-order valence-electron chi connectivity index (χ3n) is 2.11. The van der Waals surface area contributed by atoms with E-state index < -0.39 is 5.24 Å². The predicted molar refractivity (Wildman–Crippen MR) is 63.5 cm³/mol. The van der Waals surface area contributed by atoms with Crippen molar-refractivity contribution >= 4 is 22.9 Å². The van der Waals surface area contributed by atoms with E-state index >= 15 is 0 Å². The molecule has 16 heavy (non-hydrogen) atoms. The van der Waals surface area contributed by atoms with E-state index in [0.29, 0.717) is 17.6 Å². The van der Waals surface area contributed by atoms with Crippen molar-refractivity contribution < 1.29 is 15.0 Å². The molecule has 3 nitrogen and oxygen atoms in total. The largest absolute Gasteiger partial charge is 0.504 e. The zero-order chi connectivity index (χ0) is 12.1. The summed E-state index contributed by atoms with van der Waals surface area (Å²) in [6.07, 6.45) is 3.01. The molecule has 0 aromatic heterocycles. The third kappa shape index (κ3) is 3.28. The standard InChI is InChI=1S/C12H13ClO3/c1-2-3-9(12(13)16)6-8-4-5-10(14)11(15)7-8/h4-7,14-15H,2-3H2,1H3/b9-6+. The van der Waals surface area contributed by atoms with E-state index in [0.717, 1.165) is 6.42 Å². The van der Waals surface area contributed by atoms with Gasteiger partial charge >= 0.3 is 0 Å². The first-order chi connectivity index (χ1) is 7.54. The minimum atomic E-state index is -0.491. The molecular formula is C12H13ClO3. The number of phenols is 2. The first-order valence-corrected chi connectivity index (χ1v) is 5.34. The number of carbonyl (C=O) groups excluding carboxylic acids is 1. The average Bonchev–Trinajstić information content (AvgIpc) is 2.22. The summed E-state index contributed by atoms with van der Waals surface area (Å²) in [5.41, 5.74) is 1.13. The summed E-state index contributed by atoms with van der Waals surface area (Å²) < 4.78 is 0. The second-order valence-electron chi connectivity index (χ2n) is 3.44. The maximum atomic E-state index is 11.1. The van der Waals surface area contributed by atoms with Gasteiger partial charge in [0.15, 0.2) is 11.5 Å². The Bertz CT molecular complexity index is 424. The van der Waals surface area contributed by atoms with Gasteiger partial charge in [-0.2, -0.15) is 0 Å². The predicted octanol–water partition coefficient (Wildman–Crippen LogP) is 3.05. The second kappa shape index (κ2) is 5.56. The van der Waals surface area contributed by atoms with Crippen molar-refractivity contribution in [3.05, 3.63) is 29.3 Å². The van der Waals surface area contributed by atoms with Crippen LogP contribution in [0.5, 0.6) is 11.5 Å². The Morgan fingerprint density at radius 3 is 2.56 bits per heavy atom. The number of benzene rings is 1. The van der Waals surface area contributed by atoms with Crippen molar-refractivity contribution in [1.29, 1.82) is 0 Å². The molecule has 86 valence electrons. The molecule has 1 aromatic carbocycles. The lowest BCUT2D eigenvalue weighted by molar-refractivity contribution is -0.108. The lowest BCUT2D eigenvalue weighted by Gasteiger charge is -2.02. The molecule has 0 saturated heterocycles. The van der Waals surface area contributed by atoms with Crippen LogP contribution in [0.4, 0.5) is 0 Å². The first-order valence-electron chi connectivity index (χ1n) is 4.97. The number of halogens is 1. The Labute approximate surface area is 99.0 Å². The molecule has 0 spiro atoms. The topological polar surface area (TPSA) is 57.5 Å². The Balaban J connectivity index is 3.03. The number of phenolic OH excluding ortho intramolecular Hbond substituents is 2. The van der Waals surface area contributed by atoms with E-state index in [1.54, 1.807) is 12.1 Å². The van der Waals surface area contributed by atoms with Gasteiger partial charge in [-0.3, -0.25) is 4.79 Å². The van der Waals surface area contributed by atoms with E-state index in [2.05, 4.69) is 0 Å². The summed E-state index contributed by atoms with van der Waals surface area (Å²) >= 11 is 5.42. The van der Waals surface area contributed by atoms with Gasteiger partial charge in [0.25, 0.3) is 0 Å². The van der Waals surface area contributed by atoms with Crippen molar-refractivity contribution in [3.63, 3.8) is 0 Å². The molecule has 0 heterocycles. The quantitative estimate of drug-likeness (QED) is 0.483. The maximum Gasteiger partial charge on any atom is 0.248 e. The van der Waals surface area contributed by atoms with Crippen LogP contribution in [-0.2, 0) is 4.79 Å². The van der Waals surface area contributed by atoms with Crippen molar-refractivity contribution in [3.8, 4) is 11.5 Å². The van der Waals surface area contributed by atoms with Gasteiger partial charge in [-0.25, -0.2) is 0 Å². The van der Waals surface area contributed by atoms with E-state index in [1.165, 1.54) is 12.1 Å². The lowest BCUT2D eigenvalue weighted by Crippen LogP contribution is -1.92. The molecular weight excluding hydrogens is 228 g/mol. The van der Waals surface area contributed by atoms with Gasteiger partial charge in [0.1, 0.15) is 0 Å². The minimum absolute atomic E-state index is 0.189. The van der Waals surface area contributed by atoms with Gasteiger partial charge in [0.2, 0.25) is 5.24 Å². The maximum absolute atomic E-state index is 11.1. The molecule has 2 N–H and O–H groups in total. The monoisotopic (exact) mass is 240 g/mol. The van der Waals surface area contributed by atoms with Crippen LogP contribution in [-0.4, -0.2) is 15.5 Å². The van der Waals surface area contributed by atoms with Crippen LogP contribution in [0.25, 0.3) is 6.08 Å². The Hall–Kier alpha value is -1.48. The molecule has 0 fully saturated rings. The van der Waals surface area contributed by atoms with Crippen LogP contribution in [0.15, 0.2) is 23.8 Å². The van der Waals surface area contributed by atoms with Crippen molar-refractivity contribution in [1.82, 2.24) is 0 Å². The summed E-state index contributed by atoms with van der Waals surface area (Å²) in [7, 11) is 0. The van der Waals surface area contributed by atoms with E-state index in [-0.39, 0.29) is 11.5 Å². The van der Waals surface area contributed by atoms with Crippen molar-refractivity contribution in [2.75, 3.05) is 0 Å². The fourth-order valence-corrected chi connectivity index (χ4v) is 1.48. The number of carbonyl (C=O) groups is 1. The van der Waals surface area contributed by atoms with Gasteiger partial charge in [-0.15, -0.1) is 0 Å². The Kier molecular flexibility index (Phi) is 4.38. The number of aromatic hydroxyl groups is 2. The van der Waals surface area contributed by atoms with Crippen LogP contribution in [0.3, 0.4) is 0 Å². The highest BCUT2D eigenvalue weighted by Gasteiger charge is 2.06. The molecule has 1 aromatic rings. The van der Waals surface area contributed by atoms with Crippen LogP contribution in [0, 0.1) is 0 Å². The molecule has 0 bridgehead atoms. The normalized spacial score (nSPS) is 11.5. The van der Waals surface area contributed by atoms with Gasteiger partial charge in [0, 0.05) is 5.57 Å². The summed E-state index contributed by atoms with van der Waals surface area (Å²) in [5, 5.41) is 17.9. The molecule has 0 aliphatic carbocycles. The van der Waals surface area contributed by atoms with Gasteiger partial charge < -0.3 is 10.2 Å². The molecule has 0 unspecified atom stereocenters. The van der Waals surface area contributed by atoms with Crippen LogP contribution >= 0.6 is 11.6 Å². The van der Waals surface area contributed by atoms with Crippen LogP contribution in [0.2, 0.25) is 0 Å². The van der Waals surface area contributed by atoms with E-state index in [9.17, 15) is 9.90 Å². The molecule has 0 radical (unpaired) electrons. The summed E-state index contributed by atoms with van der Waals surface area (Å²) in [6, 6.07) is 4.35. The molecule has 0 aliphatic rings. The molecule has 0 amide bonds.